The first-order valence-electron chi connectivity index (χ1n) is 19.7. The molecule has 0 bridgehead atoms. The van der Waals surface area contributed by atoms with Gasteiger partial charge in [0.2, 0.25) is 11.8 Å². The summed E-state index contributed by atoms with van der Waals surface area (Å²) in [6, 6.07) is 9.62. The zero-order valence-corrected chi connectivity index (χ0v) is 31.5. The summed E-state index contributed by atoms with van der Waals surface area (Å²) in [5.41, 5.74) is 0.0953. The number of benzene rings is 1. The molecule has 3 amide bonds. The van der Waals surface area contributed by atoms with Crippen LogP contribution in [0.3, 0.4) is 0 Å². The highest BCUT2D eigenvalue weighted by atomic mass is 16.6. The second kappa shape index (κ2) is 18.9. The molecule has 3 fully saturated rings. The molecule has 9 heteroatoms. The van der Waals surface area contributed by atoms with E-state index in [0.29, 0.717) is 25.8 Å². The molecule has 0 saturated heterocycles. The van der Waals surface area contributed by atoms with Crippen molar-refractivity contribution in [3.63, 3.8) is 0 Å². The molecule has 3 N–H and O–H groups in total. The Hall–Kier alpha value is -3.10. The molecule has 1 aromatic rings. The Labute approximate surface area is 301 Å². The van der Waals surface area contributed by atoms with E-state index >= 15 is 0 Å². The molecule has 3 aliphatic carbocycles. The second-order valence-corrected chi connectivity index (χ2v) is 16.4. The minimum Gasteiger partial charge on any atom is -0.461 e. The Morgan fingerprint density at radius 3 is 1.96 bits per heavy atom. The van der Waals surface area contributed by atoms with Gasteiger partial charge < -0.3 is 25.4 Å². The molecular weight excluding hydrogens is 630 g/mol. The smallest absolute Gasteiger partial charge is 0.407 e. The van der Waals surface area contributed by atoms with Gasteiger partial charge in [-0.05, 0) is 95.0 Å². The van der Waals surface area contributed by atoms with E-state index in [1.807, 2.05) is 58.0 Å². The molecule has 0 radical (unpaired) electrons. The van der Waals surface area contributed by atoms with Crippen LogP contribution in [0.4, 0.5) is 4.79 Å². The number of carbonyl (C=O) groups is 4. The van der Waals surface area contributed by atoms with Crippen molar-refractivity contribution in [1.82, 2.24) is 16.0 Å². The number of hydrogen-bond donors (Lipinski definition) is 3. The van der Waals surface area contributed by atoms with Gasteiger partial charge in [0.15, 0.2) is 0 Å². The summed E-state index contributed by atoms with van der Waals surface area (Å²) < 4.78 is 11.3. The van der Waals surface area contributed by atoms with Crippen molar-refractivity contribution in [2.24, 2.45) is 29.1 Å². The average molecular weight is 696 g/mol. The van der Waals surface area contributed by atoms with E-state index in [2.05, 4.69) is 22.9 Å². The van der Waals surface area contributed by atoms with Gasteiger partial charge in [-0.15, -0.1) is 0 Å². The van der Waals surface area contributed by atoms with Crippen LogP contribution in [-0.4, -0.2) is 48.1 Å². The predicted molar refractivity (Wildman–Crippen MR) is 196 cm³/mol. The van der Waals surface area contributed by atoms with E-state index < -0.39 is 11.7 Å². The van der Waals surface area contributed by atoms with Gasteiger partial charge in [-0.25, -0.2) is 4.79 Å². The Bertz CT molecular complexity index is 1240. The van der Waals surface area contributed by atoms with Crippen molar-refractivity contribution in [2.75, 3.05) is 6.54 Å². The highest BCUT2D eigenvalue weighted by molar-refractivity contribution is 5.80. The largest absolute Gasteiger partial charge is 0.461 e. The van der Waals surface area contributed by atoms with Crippen molar-refractivity contribution >= 4 is 23.9 Å². The SMILES string of the molecule is CC[C@@H](C(=O)N[C@@H]1CCCC[C@@H]1[C@@H](CC)C(=O)OCc1ccccc1)[C@H]1CCCC[C@H]1NC(=O)CC1(CNC(=O)OC(C)(C)C)CCCCC1. The average Bonchev–Trinajstić information content (AvgIpc) is 3.09. The molecule has 280 valence electrons. The number of ether oxygens (including phenoxy) is 2. The number of rotatable bonds is 14. The number of alkyl carbamates (subject to hydrolysis) is 1. The van der Waals surface area contributed by atoms with E-state index in [9.17, 15) is 19.2 Å². The summed E-state index contributed by atoms with van der Waals surface area (Å²) >= 11 is 0. The third kappa shape index (κ3) is 11.7. The van der Waals surface area contributed by atoms with E-state index in [-0.39, 0.29) is 65.6 Å². The molecule has 6 atom stereocenters. The molecule has 4 rings (SSSR count). The van der Waals surface area contributed by atoms with Crippen LogP contribution in [0.25, 0.3) is 0 Å². The van der Waals surface area contributed by atoms with Crippen LogP contribution in [0, 0.1) is 29.1 Å². The monoisotopic (exact) mass is 695 g/mol. The van der Waals surface area contributed by atoms with Crippen LogP contribution >= 0.6 is 0 Å². The molecule has 1 aromatic carbocycles. The van der Waals surface area contributed by atoms with E-state index in [1.54, 1.807) is 0 Å². The first-order valence-corrected chi connectivity index (χ1v) is 19.7. The molecule has 3 aliphatic rings. The quantitative estimate of drug-likeness (QED) is 0.170. The predicted octanol–water partition coefficient (Wildman–Crippen LogP) is 8.00. The van der Waals surface area contributed by atoms with Crippen LogP contribution in [0.15, 0.2) is 30.3 Å². The summed E-state index contributed by atoms with van der Waals surface area (Å²) in [4.78, 5) is 53.7. The molecule has 0 aliphatic heterocycles. The number of nitrogens with one attached hydrogen (secondary N) is 3. The molecule has 0 spiro atoms. The summed E-state index contributed by atoms with van der Waals surface area (Å²) in [5.74, 6) is -0.498. The van der Waals surface area contributed by atoms with Crippen molar-refractivity contribution in [3.05, 3.63) is 35.9 Å². The van der Waals surface area contributed by atoms with Gasteiger partial charge in [-0.2, -0.15) is 0 Å². The zero-order valence-electron chi connectivity index (χ0n) is 31.5. The Morgan fingerprint density at radius 1 is 0.780 bits per heavy atom. The van der Waals surface area contributed by atoms with Crippen LogP contribution in [-0.2, 0) is 30.5 Å². The molecule has 50 heavy (non-hydrogen) atoms. The van der Waals surface area contributed by atoms with Crippen molar-refractivity contribution in [2.45, 2.75) is 162 Å². The first-order chi connectivity index (χ1) is 23.9. The molecule has 0 aromatic heterocycles. The molecule has 0 heterocycles. The molecule has 9 nitrogen and oxygen atoms in total. The van der Waals surface area contributed by atoms with Crippen LogP contribution in [0.1, 0.15) is 143 Å². The van der Waals surface area contributed by atoms with Gasteiger partial charge in [0.25, 0.3) is 0 Å². The second-order valence-electron chi connectivity index (χ2n) is 16.4. The van der Waals surface area contributed by atoms with Gasteiger partial charge in [-0.3, -0.25) is 14.4 Å². The highest BCUT2D eigenvalue weighted by Gasteiger charge is 2.41. The standard InChI is InChI=1S/C41H65N3O6/c1-6-30(37(46)44-35-23-15-13-21-33(35)31(7-2)38(47)49-27-29-18-10-8-11-19-29)32-20-12-14-22-34(32)43-36(45)26-41(24-16-9-17-25-41)28-42-39(48)50-40(3,4)5/h8,10-11,18-19,30-35H,6-7,9,12-17,20-28H2,1-5H3,(H,42,48)(H,43,45)(H,44,46)/t30-,31-,32-,33-,34-,35-/m1/s1. The fourth-order valence-corrected chi connectivity index (χ4v) is 8.98. The molecule has 0 unspecified atom stereocenters. The lowest BCUT2D eigenvalue weighted by Crippen LogP contribution is -2.53. The number of hydrogen-bond acceptors (Lipinski definition) is 6. The topological polar surface area (TPSA) is 123 Å². The minimum absolute atomic E-state index is 0.0113. The minimum atomic E-state index is -0.580. The summed E-state index contributed by atoms with van der Waals surface area (Å²) in [7, 11) is 0. The molecular formula is C41H65N3O6. The summed E-state index contributed by atoms with van der Waals surface area (Å²) in [5, 5.41) is 9.80. The lowest BCUT2D eigenvalue weighted by Gasteiger charge is -2.41. The highest BCUT2D eigenvalue weighted by Crippen LogP contribution is 2.40. The number of amides is 3. The van der Waals surface area contributed by atoms with Crippen molar-refractivity contribution in [1.29, 1.82) is 0 Å². The van der Waals surface area contributed by atoms with Gasteiger partial charge in [0.05, 0.1) is 5.92 Å². The van der Waals surface area contributed by atoms with Crippen LogP contribution in [0.5, 0.6) is 0 Å². The van der Waals surface area contributed by atoms with Gasteiger partial charge in [0, 0.05) is 31.0 Å². The maximum absolute atomic E-state index is 14.1. The maximum Gasteiger partial charge on any atom is 0.407 e. The zero-order chi connectivity index (χ0) is 36.1. The lowest BCUT2D eigenvalue weighted by atomic mass is 9.71. The fraction of sp³-hybridized carbons (Fsp3) is 0.756. The third-order valence-electron chi connectivity index (χ3n) is 11.5. The van der Waals surface area contributed by atoms with Crippen LogP contribution < -0.4 is 16.0 Å². The number of carbonyl (C=O) groups excluding carboxylic acids is 4. The van der Waals surface area contributed by atoms with E-state index in [1.165, 1.54) is 0 Å². The van der Waals surface area contributed by atoms with Crippen LogP contribution in [0.2, 0.25) is 0 Å². The van der Waals surface area contributed by atoms with Crippen molar-refractivity contribution < 1.29 is 28.7 Å². The van der Waals surface area contributed by atoms with E-state index in [4.69, 9.17) is 9.47 Å². The first kappa shape index (κ1) is 39.7. The van der Waals surface area contributed by atoms with Gasteiger partial charge >= 0.3 is 12.1 Å². The Morgan fingerprint density at radius 2 is 1.36 bits per heavy atom. The number of esters is 1. The third-order valence-corrected chi connectivity index (χ3v) is 11.5. The molecule has 3 saturated carbocycles. The Kier molecular flexibility index (Phi) is 15.0. The fourth-order valence-electron chi connectivity index (χ4n) is 8.98. The maximum atomic E-state index is 14.1. The normalized spacial score (nSPS) is 25.0. The van der Waals surface area contributed by atoms with Crippen molar-refractivity contribution in [3.8, 4) is 0 Å². The summed E-state index contributed by atoms with van der Waals surface area (Å²) in [6.45, 7) is 10.3. The van der Waals surface area contributed by atoms with Gasteiger partial charge in [0.1, 0.15) is 12.2 Å². The lowest BCUT2D eigenvalue weighted by molar-refractivity contribution is -0.153. The summed E-state index contributed by atoms with van der Waals surface area (Å²) in [6.07, 6.45) is 14.0. The van der Waals surface area contributed by atoms with E-state index in [0.717, 1.165) is 89.0 Å². The Balaban J connectivity index is 1.38. The van der Waals surface area contributed by atoms with Gasteiger partial charge in [-0.1, -0.05) is 89.1 Å².